The van der Waals surface area contributed by atoms with Crippen LogP contribution in [0.1, 0.15) is 0 Å². The molecule has 13 nitrogen and oxygen atoms in total. The number of nitrogens with one attached hydrogen (secondary N) is 2. The number of alkyl carbamates (subject to hydrolysis) is 2. The number of ether oxygens (including phenoxy) is 2. The van der Waals surface area contributed by atoms with Gasteiger partial charge in [0.1, 0.15) is 19.2 Å². The first kappa shape index (κ1) is 36.5. The number of aliphatic imine (C=N–C) groups is 2. The molecule has 0 heterocycles. The lowest BCUT2D eigenvalue weighted by Gasteiger charge is -2.06. The van der Waals surface area contributed by atoms with Crippen molar-refractivity contribution in [3.63, 3.8) is 0 Å². The van der Waals surface area contributed by atoms with Crippen LogP contribution in [-0.2, 0) is 30.0 Å². The highest BCUT2D eigenvalue weighted by Crippen LogP contribution is 2.04. The molecule has 0 radical (unpaired) electrons. The van der Waals surface area contributed by atoms with E-state index < -0.39 is 23.0 Å². The van der Waals surface area contributed by atoms with Crippen LogP contribution in [0.25, 0.3) is 0 Å². The molecule has 0 aromatic carbocycles. The molecule has 0 spiro atoms. The van der Waals surface area contributed by atoms with E-state index in [9.17, 15) is 13.8 Å². The van der Waals surface area contributed by atoms with E-state index in [1.54, 1.807) is 11.8 Å². The van der Waals surface area contributed by atoms with E-state index in [0.717, 1.165) is 0 Å². The molecule has 2 amide bonds. The van der Waals surface area contributed by atoms with Crippen molar-refractivity contribution in [1.82, 2.24) is 10.6 Å². The molecule has 0 aliphatic rings. The van der Waals surface area contributed by atoms with Crippen LogP contribution in [0.15, 0.2) is 9.98 Å². The second-order valence-corrected chi connectivity index (χ2v) is 12.8. The lowest BCUT2D eigenvalue weighted by molar-refractivity contribution is -0.210. The summed E-state index contributed by atoms with van der Waals surface area (Å²) in [4.78, 5) is 40.5. The van der Waals surface area contributed by atoms with Crippen molar-refractivity contribution in [1.29, 1.82) is 0 Å². The molecule has 0 aliphatic heterocycles. The summed E-state index contributed by atoms with van der Waals surface area (Å²) in [6, 6.07) is 0. The topological polar surface area (TPSA) is 177 Å². The van der Waals surface area contributed by atoms with Crippen LogP contribution in [0.3, 0.4) is 0 Å². The normalized spacial score (nSPS) is 12.1. The van der Waals surface area contributed by atoms with Gasteiger partial charge in [0.05, 0.1) is 58.2 Å². The minimum Gasteiger partial charge on any atom is -0.449 e. The Bertz CT molecular complexity index is 653. The van der Waals surface area contributed by atoms with Gasteiger partial charge < -0.3 is 35.2 Å². The number of amides is 2. The molecule has 0 saturated carbocycles. The van der Waals surface area contributed by atoms with Crippen molar-refractivity contribution in [2.24, 2.45) is 9.98 Å². The van der Waals surface area contributed by atoms with Crippen molar-refractivity contribution in [2.45, 2.75) is 0 Å². The fraction of sp³-hybridized carbons (Fsp3) is 0.778. The Morgan fingerprint density at radius 3 is 2.11 bits per heavy atom. The molecule has 0 aromatic rings. The van der Waals surface area contributed by atoms with E-state index in [1.807, 2.05) is 0 Å². The average Bonchev–Trinajstić information content (AvgIpc) is 2.89. The van der Waals surface area contributed by atoms with Crippen LogP contribution in [0.4, 0.5) is 9.59 Å². The molecule has 0 saturated heterocycles. The number of aliphatic hydroxyl groups excluding tert-OH is 2. The molecule has 19 heteroatoms. The number of rotatable bonds is 25. The fourth-order valence-corrected chi connectivity index (χ4v) is 5.35. The van der Waals surface area contributed by atoms with Gasteiger partial charge in [-0.1, -0.05) is 0 Å². The summed E-state index contributed by atoms with van der Waals surface area (Å²) < 4.78 is 21.8. The first-order valence-corrected chi connectivity index (χ1v) is 17.8. The van der Waals surface area contributed by atoms with Crippen LogP contribution in [-0.4, -0.2) is 123 Å². The first-order valence-electron chi connectivity index (χ1n) is 10.7. The molecular weight excluding hydrogens is 609 g/mol. The maximum absolute atomic E-state index is 11.8. The SMILES string of the molecule is O=C(NCSC/N=C/S(=O)CSCOC(=O)NCSC/N=C/OOCCSCCO)OCCSCCO. The van der Waals surface area contributed by atoms with Crippen LogP contribution in [0.5, 0.6) is 0 Å². The Labute approximate surface area is 240 Å². The minimum absolute atomic E-state index is 0.0509. The van der Waals surface area contributed by atoms with Gasteiger partial charge in [-0.05, 0) is 0 Å². The Hall–Kier alpha value is -0.540. The molecule has 216 valence electrons. The van der Waals surface area contributed by atoms with E-state index in [4.69, 9.17) is 29.5 Å². The third-order valence-corrected chi connectivity index (χ3v) is 8.54. The maximum Gasteiger partial charge on any atom is 0.408 e. The zero-order valence-corrected chi connectivity index (χ0v) is 25.0. The number of hydrogen-bond donors (Lipinski definition) is 4. The van der Waals surface area contributed by atoms with Crippen molar-refractivity contribution < 1.29 is 43.3 Å². The van der Waals surface area contributed by atoms with E-state index in [2.05, 4.69) is 20.6 Å². The summed E-state index contributed by atoms with van der Waals surface area (Å²) in [5.41, 5.74) is 1.32. The summed E-state index contributed by atoms with van der Waals surface area (Å²) in [5, 5.41) is 22.6. The van der Waals surface area contributed by atoms with Crippen molar-refractivity contribution in [3.8, 4) is 0 Å². The van der Waals surface area contributed by atoms with Gasteiger partial charge >= 0.3 is 12.2 Å². The van der Waals surface area contributed by atoms with E-state index in [0.29, 0.717) is 53.1 Å². The Balaban J connectivity index is 3.49. The second kappa shape index (κ2) is 30.0. The average molecular weight is 643 g/mol. The third-order valence-electron chi connectivity index (χ3n) is 3.06. The predicted molar refractivity (Wildman–Crippen MR) is 157 cm³/mol. The van der Waals surface area contributed by atoms with E-state index >= 15 is 0 Å². The van der Waals surface area contributed by atoms with Crippen molar-refractivity contribution in [2.75, 3.05) is 84.0 Å². The quantitative estimate of drug-likeness (QED) is 0.0282. The lowest BCUT2D eigenvalue weighted by atomic mass is 10.8. The van der Waals surface area contributed by atoms with Crippen LogP contribution < -0.4 is 10.6 Å². The third kappa shape index (κ3) is 29.9. The van der Waals surface area contributed by atoms with Gasteiger partial charge in [0, 0.05) is 23.0 Å². The van der Waals surface area contributed by atoms with Gasteiger partial charge in [-0.15, -0.1) is 35.3 Å². The number of thioether (sulfide) groups is 5. The molecule has 1 atom stereocenters. The highest BCUT2D eigenvalue weighted by atomic mass is 32.2. The number of hydrogen-bond acceptors (Lipinski definition) is 16. The molecule has 0 rings (SSSR count). The summed E-state index contributed by atoms with van der Waals surface area (Å²) in [7, 11) is -1.31. The van der Waals surface area contributed by atoms with Gasteiger partial charge in [0.2, 0.25) is 6.40 Å². The van der Waals surface area contributed by atoms with Gasteiger partial charge in [-0.25, -0.2) is 14.6 Å². The fourth-order valence-electron chi connectivity index (χ4n) is 1.63. The van der Waals surface area contributed by atoms with Crippen molar-refractivity contribution >= 4 is 93.7 Å². The molecule has 0 bridgehead atoms. The van der Waals surface area contributed by atoms with Gasteiger partial charge in [-0.3, -0.25) is 9.20 Å². The summed E-state index contributed by atoms with van der Waals surface area (Å²) in [6.45, 7) is 0.898. The highest BCUT2D eigenvalue weighted by molar-refractivity contribution is 8.15. The Morgan fingerprint density at radius 2 is 1.43 bits per heavy atom. The van der Waals surface area contributed by atoms with Gasteiger partial charge in [0.25, 0.3) is 0 Å². The summed E-state index contributed by atoms with van der Waals surface area (Å²) in [6.07, 6.45) is 0.0713. The summed E-state index contributed by atoms with van der Waals surface area (Å²) >= 11 is 6.89. The van der Waals surface area contributed by atoms with E-state index in [-0.39, 0.29) is 30.8 Å². The Morgan fingerprint density at radius 1 is 0.811 bits per heavy atom. The lowest BCUT2D eigenvalue weighted by Crippen LogP contribution is -2.24. The minimum atomic E-state index is -1.31. The molecule has 1 unspecified atom stereocenters. The molecular formula is C18H34N4O9S6. The summed E-state index contributed by atoms with van der Waals surface area (Å²) in [5.74, 6) is 3.95. The van der Waals surface area contributed by atoms with Crippen LogP contribution >= 0.6 is 58.8 Å². The number of carbonyl (C=O) groups is 2. The highest BCUT2D eigenvalue weighted by Gasteiger charge is 2.03. The zero-order valence-electron chi connectivity index (χ0n) is 20.2. The van der Waals surface area contributed by atoms with Gasteiger partial charge in [0.15, 0.2) is 0 Å². The van der Waals surface area contributed by atoms with E-state index in [1.165, 1.54) is 59.0 Å². The predicted octanol–water partition coefficient (Wildman–Crippen LogP) is 1.59. The van der Waals surface area contributed by atoms with Crippen LogP contribution in [0.2, 0.25) is 0 Å². The number of nitrogens with zero attached hydrogens (tertiary/aromatic N) is 2. The van der Waals surface area contributed by atoms with Gasteiger partial charge in [-0.2, -0.15) is 28.4 Å². The Kier molecular flexibility index (Phi) is 29.6. The zero-order chi connectivity index (χ0) is 27.2. The molecule has 37 heavy (non-hydrogen) atoms. The molecule has 4 N–H and O–H groups in total. The second-order valence-electron chi connectivity index (χ2n) is 5.86. The molecule has 0 aliphatic carbocycles. The number of carbonyl (C=O) groups excluding carboxylic acids is 2. The maximum atomic E-state index is 11.8. The first-order chi connectivity index (χ1) is 18.1. The molecule has 0 fully saturated rings. The molecule has 0 aromatic heterocycles. The standard InChI is InChI=1S/C18H34N4O9S6/c23-1-5-32-7-3-28-17(25)21-12-35-11-20-14-37(27)16-36-15-29-18(26)22-13-34-10-19-9-31-30-4-8-33-6-2-24/h9,14,23-24H,1-8,10-13,15-16H2,(H,21,25)(H,22,26)/b19-9+,20-14+. The smallest absolute Gasteiger partial charge is 0.408 e. The van der Waals surface area contributed by atoms with Crippen LogP contribution in [0, 0.1) is 0 Å². The number of aliphatic hydroxyl groups is 2. The monoisotopic (exact) mass is 642 g/mol. The largest absolute Gasteiger partial charge is 0.449 e. The van der Waals surface area contributed by atoms with Crippen molar-refractivity contribution in [3.05, 3.63) is 0 Å².